The van der Waals surface area contributed by atoms with Crippen molar-refractivity contribution in [1.29, 1.82) is 0 Å². The molecular weight excluding hydrogens is 296 g/mol. The molecule has 1 saturated heterocycles. The van der Waals surface area contributed by atoms with Gasteiger partial charge >= 0.3 is 0 Å². The van der Waals surface area contributed by atoms with Gasteiger partial charge in [0.2, 0.25) is 0 Å². The molecule has 2 heterocycles. The molecule has 0 aromatic carbocycles. The molecule has 18 heavy (non-hydrogen) atoms. The summed E-state index contributed by atoms with van der Waals surface area (Å²) in [6, 6.07) is 0.457. The van der Waals surface area contributed by atoms with E-state index in [0.717, 1.165) is 38.3 Å². The summed E-state index contributed by atoms with van der Waals surface area (Å²) in [4.78, 5) is 22.9. The lowest BCUT2D eigenvalue weighted by Crippen LogP contribution is -2.44. The first kappa shape index (κ1) is 13.5. The van der Waals surface area contributed by atoms with E-state index < -0.39 is 0 Å². The second-order valence-electron chi connectivity index (χ2n) is 4.65. The maximum Gasteiger partial charge on any atom is 0.267 e. The third-order valence-corrected chi connectivity index (χ3v) is 4.38. The summed E-state index contributed by atoms with van der Waals surface area (Å²) in [6.07, 6.45) is 3.69. The molecular formula is C12H19BrN4O. The maximum absolute atomic E-state index is 11.5. The summed E-state index contributed by atoms with van der Waals surface area (Å²) in [5, 5.41) is 0. The fourth-order valence-electron chi connectivity index (χ4n) is 2.42. The van der Waals surface area contributed by atoms with Crippen LogP contribution in [0.3, 0.4) is 0 Å². The Morgan fingerprint density at radius 1 is 1.56 bits per heavy atom. The molecule has 1 aromatic heterocycles. The smallest absolute Gasteiger partial charge is 0.267 e. The van der Waals surface area contributed by atoms with Crippen molar-refractivity contribution >= 4 is 21.7 Å². The normalized spacial score (nSPS) is 17.9. The van der Waals surface area contributed by atoms with Crippen molar-refractivity contribution in [1.82, 2.24) is 14.9 Å². The van der Waals surface area contributed by atoms with Crippen LogP contribution >= 0.6 is 15.9 Å². The van der Waals surface area contributed by atoms with Crippen molar-refractivity contribution in [3.05, 3.63) is 21.2 Å². The molecule has 0 saturated carbocycles. The highest BCUT2D eigenvalue weighted by Crippen LogP contribution is 2.24. The Morgan fingerprint density at radius 2 is 2.22 bits per heavy atom. The number of anilines is 1. The second-order valence-corrected chi connectivity index (χ2v) is 5.44. The first-order chi connectivity index (χ1) is 8.63. The van der Waals surface area contributed by atoms with Crippen molar-refractivity contribution in [2.45, 2.75) is 25.8 Å². The molecule has 1 fully saturated rings. The van der Waals surface area contributed by atoms with E-state index in [1.807, 2.05) is 7.05 Å². The van der Waals surface area contributed by atoms with Gasteiger partial charge in [0.1, 0.15) is 10.3 Å². The van der Waals surface area contributed by atoms with Crippen molar-refractivity contribution < 1.29 is 0 Å². The Hall–Kier alpha value is -0.880. The molecule has 0 spiro atoms. The standard InChI is InChI=1S/C12H19BrN4O/c1-3-17-6-4-9(5-7-17)16(2)11-10(13)12(18)15-8-14-11/h8-9H,3-7H2,1-2H3,(H,14,15,18). The van der Waals surface area contributed by atoms with Crippen LogP contribution in [-0.2, 0) is 0 Å². The third kappa shape index (κ3) is 2.75. The van der Waals surface area contributed by atoms with Crippen molar-refractivity contribution in [2.75, 3.05) is 31.6 Å². The lowest BCUT2D eigenvalue weighted by molar-refractivity contribution is 0.220. The van der Waals surface area contributed by atoms with Crippen LogP contribution in [0.25, 0.3) is 0 Å². The highest BCUT2D eigenvalue weighted by Gasteiger charge is 2.24. The number of hydrogen-bond acceptors (Lipinski definition) is 4. The van der Waals surface area contributed by atoms with Crippen LogP contribution in [-0.4, -0.2) is 47.6 Å². The van der Waals surface area contributed by atoms with Crippen molar-refractivity contribution in [3.63, 3.8) is 0 Å². The van der Waals surface area contributed by atoms with Crippen molar-refractivity contribution in [2.24, 2.45) is 0 Å². The van der Waals surface area contributed by atoms with Crippen LogP contribution < -0.4 is 10.5 Å². The first-order valence-corrected chi connectivity index (χ1v) is 7.11. The zero-order valence-electron chi connectivity index (χ0n) is 10.8. The second kappa shape index (κ2) is 5.84. The molecule has 0 aliphatic carbocycles. The van der Waals surface area contributed by atoms with Gasteiger partial charge in [-0.2, -0.15) is 0 Å². The van der Waals surface area contributed by atoms with Crippen LogP contribution in [0.2, 0.25) is 0 Å². The van der Waals surface area contributed by atoms with Crippen LogP contribution in [0.1, 0.15) is 19.8 Å². The Kier molecular flexibility index (Phi) is 4.40. The van der Waals surface area contributed by atoms with E-state index in [4.69, 9.17) is 0 Å². The molecule has 1 aliphatic rings. The number of aromatic nitrogens is 2. The van der Waals surface area contributed by atoms with Gasteiger partial charge in [-0.1, -0.05) is 6.92 Å². The van der Waals surface area contributed by atoms with Crippen LogP contribution in [0.4, 0.5) is 5.82 Å². The van der Waals surface area contributed by atoms with Gasteiger partial charge in [0.25, 0.3) is 5.56 Å². The van der Waals surface area contributed by atoms with Gasteiger partial charge in [-0.15, -0.1) is 0 Å². The fraction of sp³-hybridized carbons (Fsp3) is 0.667. The number of piperidine rings is 1. The quantitative estimate of drug-likeness (QED) is 0.917. The molecule has 100 valence electrons. The summed E-state index contributed by atoms with van der Waals surface area (Å²) in [6.45, 7) is 5.54. The van der Waals surface area contributed by atoms with E-state index in [1.54, 1.807) is 0 Å². The topological polar surface area (TPSA) is 52.2 Å². The number of nitrogens with zero attached hydrogens (tertiary/aromatic N) is 3. The zero-order chi connectivity index (χ0) is 13.1. The van der Waals surface area contributed by atoms with Gasteiger partial charge in [-0.3, -0.25) is 4.79 Å². The Bertz CT molecular complexity index is 454. The predicted octanol–water partition coefficient (Wildman–Crippen LogP) is 1.45. The minimum Gasteiger partial charge on any atom is -0.355 e. The molecule has 0 unspecified atom stereocenters. The van der Waals surface area contributed by atoms with E-state index >= 15 is 0 Å². The van der Waals surface area contributed by atoms with E-state index in [9.17, 15) is 4.79 Å². The highest BCUT2D eigenvalue weighted by atomic mass is 79.9. The zero-order valence-corrected chi connectivity index (χ0v) is 12.4. The Balaban J connectivity index is 2.10. The summed E-state index contributed by atoms with van der Waals surface area (Å²) < 4.78 is 0.519. The van der Waals surface area contributed by atoms with Crippen LogP contribution in [0.5, 0.6) is 0 Å². The molecule has 6 heteroatoms. The molecule has 2 rings (SSSR count). The average Bonchev–Trinajstić information content (AvgIpc) is 2.41. The highest BCUT2D eigenvalue weighted by molar-refractivity contribution is 9.10. The monoisotopic (exact) mass is 314 g/mol. The number of aromatic amines is 1. The number of nitrogens with one attached hydrogen (secondary N) is 1. The molecule has 0 atom stereocenters. The van der Waals surface area contributed by atoms with Gasteiger partial charge in [0, 0.05) is 26.2 Å². The molecule has 5 nitrogen and oxygen atoms in total. The van der Waals surface area contributed by atoms with E-state index in [1.165, 1.54) is 6.33 Å². The minimum atomic E-state index is -0.127. The predicted molar refractivity (Wildman–Crippen MR) is 76.1 cm³/mol. The van der Waals surface area contributed by atoms with Gasteiger partial charge in [0.15, 0.2) is 0 Å². The van der Waals surface area contributed by atoms with Gasteiger partial charge < -0.3 is 14.8 Å². The Morgan fingerprint density at radius 3 is 2.83 bits per heavy atom. The summed E-state index contributed by atoms with van der Waals surface area (Å²) in [5.74, 6) is 0.730. The molecule has 1 N–H and O–H groups in total. The van der Waals surface area contributed by atoms with Crippen LogP contribution in [0, 0.1) is 0 Å². The molecule has 1 aliphatic heterocycles. The third-order valence-electron chi connectivity index (χ3n) is 3.66. The number of likely N-dealkylation sites (tertiary alicyclic amines) is 1. The van der Waals surface area contributed by atoms with Gasteiger partial charge in [-0.05, 0) is 35.3 Å². The Labute approximate surface area is 115 Å². The van der Waals surface area contributed by atoms with E-state index in [2.05, 4.69) is 42.6 Å². The summed E-state index contributed by atoms with van der Waals surface area (Å²) >= 11 is 3.31. The number of H-pyrrole nitrogens is 1. The van der Waals surface area contributed by atoms with E-state index in [-0.39, 0.29) is 5.56 Å². The number of halogens is 1. The van der Waals surface area contributed by atoms with Crippen LogP contribution in [0.15, 0.2) is 15.6 Å². The van der Waals surface area contributed by atoms with Crippen molar-refractivity contribution in [3.8, 4) is 0 Å². The largest absolute Gasteiger partial charge is 0.355 e. The minimum absolute atomic E-state index is 0.127. The average molecular weight is 315 g/mol. The number of rotatable bonds is 3. The lowest BCUT2D eigenvalue weighted by Gasteiger charge is -2.37. The first-order valence-electron chi connectivity index (χ1n) is 6.31. The lowest BCUT2D eigenvalue weighted by atomic mass is 10.0. The van der Waals surface area contributed by atoms with Gasteiger partial charge in [0.05, 0.1) is 6.33 Å². The maximum atomic E-state index is 11.5. The fourth-order valence-corrected chi connectivity index (χ4v) is 2.91. The molecule has 0 radical (unpaired) electrons. The number of hydrogen-bond donors (Lipinski definition) is 1. The molecule has 1 aromatic rings. The molecule has 0 amide bonds. The SMILES string of the molecule is CCN1CCC(N(C)c2nc[nH]c(=O)c2Br)CC1. The van der Waals surface area contributed by atoms with Gasteiger partial charge in [-0.25, -0.2) is 4.98 Å². The summed E-state index contributed by atoms with van der Waals surface area (Å²) in [7, 11) is 2.01. The summed E-state index contributed by atoms with van der Waals surface area (Å²) in [5.41, 5.74) is -0.127. The van der Waals surface area contributed by atoms with E-state index in [0.29, 0.717) is 10.5 Å². The molecule has 0 bridgehead atoms.